The summed E-state index contributed by atoms with van der Waals surface area (Å²) in [5.41, 5.74) is 3.00. The van der Waals surface area contributed by atoms with E-state index in [1.54, 1.807) is 12.1 Å². The number of nitrogens with zero attached hydrogens (tertiary/aromatic N) is 2. The maximum atomic E-state index is 12.8. The van der Waals surface area contributed by atoms with Gasteiger partial charge in [0.05, 0.1) is 18.0 Å². The van der Waals surface area contributed by atoms with E-state index >= 15 is 0 Å². The molecule has 2 heterocycles. The third kappa shape index (κ3) is 2.63. The molecule has 118 valence electrons. The Balaban J connectivity index is 1.73. The minimum atomic E-state index is -0.222. The van der Waals surface area contributed by atoms with Crippen LogP contribution in [0.1, 0.15) is 34.1 Å². The highest BCUT2D eigenvalue weighted by molar-refractivity contribution is 6.04. The van der Waals surface area contributed by atoms with Gasteiger partial charge in [0.2, 0.25) is 0 Å². The molecular formula is C20H16N2O2. The largest absolute Gasteiger partial charge is 0.459 e. The van der Waals surface area contributed by atoms with E-state index in [9.17, 15) is 4.79 Å². The van der Waals surface area contributed by atoms with E-state index in [0.29, 0.717) is 12.2 Å². The average molecular weight is 316 g/mol. The zero-order valence-electron chi connectivity index (χ0n) is 13.0. The quantitative estimate of drug-likeness (QED) is 0.724. The molecule has 1 aliphatic heterocycles. The third-order valence-corrected chi connectivity index (χ3v) is 4.14. The Labute approximate surface area is 140 Å². The van der Waals surface area contributed by atoms with Gasteiger partial charge < -0.3 is 4.42 Å². The normalized spacial score (nSPS) is 16.9. The van der Waals surface area contributed by atoms with Gasteiger partial charge >= 0.3 is 5.91 Å². The lowest BCUT2D eigenvalue weighted by Gasteiger charge is -2.21. The van der Waals surface area contributed by atoms with Crippen molar-refractivity contribution < 1.29 is 9.21 Å². The zero-order valence-corrected chi connectivity index (χ0v) is 13.0. The summed E-state index contributed by atoms with van der Waals surface area (Å²) < 4.78 is 5.27. The molecule has 1 aliphatic rings. The molecule has 0 spiro atoms. The molecule has 1 amide bonds. The van der Waals surface area contributed by atoms with Gasteiger partial charge in [0.25, 0.3) is 0 Å². The van der Waals surface area contributed by atoms with E-state index in [4.69, 9.17) is 4.42 Å². The van der Waals surface area contributed by atoms with Gasteiger partial charge in [-0.25, -0.2) is 5.01 Å². The maximum Gasteiger partial charge on any atom is 0.310 e. The molecule has 0 N–H and O–H groups in total. The average Bonchev–Trinajstić information content (AvgIpc) is 3.33. The van der Waals surface area contributed by atoms with Crippen molar-refractivity contribution in [2.75, 3.05) is 0 Å². The maximum absolute atomic E-state index is 12.8. The minimum absolute atomic E-state index is 0.126. The number of rotatable bonds is 3. The zero-order chi connectivity index (χ0) is 16.4. The highest BCUT2D eigenvalue weighted by atomic mass is 16.3. The number of carbonyl (C=O) groups is 1. The third-order valence-electron chi connectivity index (χ3n) is 4.14. The van der Waals surface area contributed by atoms with Gasteiger partial charge in [-0.2, -0.15) is 5.10 Å². The van der Waals surface area contributed by atoms with Crippen LogP contribution in [0.2, 0.25) is 0 Å². The van der Waals surface area contributed by atoms with Crippen LogP contribution in [0, 0.1) is 0 Å². The van der Waals surface area contributed by atoms with Gasteiger partial charge in [-0.05, 0) is 23.3 Å². The van der Waals surface area contributed by atoms with Crippen LogP contribution in [0.5, 0.6) is 0 Å². The van der Waals surface area contributed by atoms with Crippen LogP contribution in [0.4, 0.5) is 0 Å². The number of furan rings is 1. The first-order valence-electron chi connectivity index (χ1n) is 7.88. The predicted octanol–water partition coefficient (Wildman–Crippen LogP) is 4.27. The fraction of sp³-hybridized carbons (Fsp3) is 0.100. The number of amides is 1. The molecule has 4 nitrogen and oxygen atoms in total. The van der Waals surface area contributed by atoms with Crippen molar-refractivity contribution in [2.45, 2.75) is 12.5 Å². The molecule has 0 saturated heterocycles. The van der Waals surface area contributed by atoms with Crippen LogP contribution in [0.25, 0.3) is 0 Å². The molecule has 2 aromatic carbocycles. The summed E-state index contributed by atoms with van der Waals surface area (Å²) in [6.07, 6.45) is 2.18. The minimum Gasteiger partial charge on any atom is -0.459 e. The van der Waals surface area contributed by atoms with E-state index in [1.165, 1.54) is 11.3 Å². The summed E-state index contributed by atoms with van der Waals surface area (Å²) in [4.78, 5) is 12.8. The van der Waals surface area contributed by atoms with Crippen LogP contribution < -0.4 is 0 Å². The lowest BCUT2D eigenvalue weighted by atomic mass is 9.98. The Morgan fingerprint density at radius 3 is 2.33 bits per heavy atom. The Kier molecular flexibility index (Phi) is 3.71. The molecular weight excluding hydrogens is 300 g/mol. The van der Waals surface area contributed by atoms with E-state index in [-0.39, 0.29) is 11.9 Å². The fourth-order valence-corrected chi connectivity index (χ4v) is 2.95. The topological polar surface area (TPSA) is 45.8 Å². The molecule has 0 bridgehead atoms. The monoisotopic (exact) mass is 316 g/mol. The van der Waals surface area contributed by atoms with Crippen LogP contribution in [0.3, 0.4) is 0 Å². The second-order valence-electron chi connectivity index (χ2n) is 5.67. The summed E-state index contributed by atoms with van der Waals surface area (Å²) in [6, 6.07) is 23.2. The highest BCUT2D eigenvalue weighted by Crippen LogP contribution is 2.33. The van der Waals surface area contributed by atoms with Gasteiger partial charge in [0, 0.05) is 6.42 Å². The standard InChI is InChI=1S/C20H16N2O2/c23-20(19-12-7-13-24-19)22-18(16-10-5-2-6-11-16)14-17(21-22)15-8-3-1-4-9-15/h1-13,18H,14H2. The van der Waals surface area contributed by atoms with Crippen molar-refractivity contribution in [3.8, 4) is 0 Å². The smallest absolute Gasteiger partial charge is 0.310 e. The van der Waals surface area contributed by atoms with Gasteiger partial charge in [-0.15, -0.1) is 0 Å². The van der Waals surface area contributed by atoms with E-state index < -0.39 is 0 Å². The molecule has 4 rings (SSSR count). The predicted molar refractivity (Wildman–Crippen MR) is 91.7 cm³/mol. The number of hydrogen-bond donors (Lipinski definition) is 0. The SMILES string of the molecule is O=C(c1ccco1)N1N=C(c2ccccc2)CC1c1ccccc1. The van der Waals surface area contributed by atoms with E-state index in [2.05, 4.69) is 5.10 Å². The molecule has 0 aliphatic carbocycles. The number of hydrogen-bond acceptors (Lipinski definition) is 3. The molecule has 0 fully saturated rings. The molecule has 3 aromatic rings. The first kappa shape index (κ1) is 14.5. The lowest BCUT2D eigenvalue weighted by molar-refractivity contribution is 0.0678. The molecule has 4 heteroatoms. The van der Waals surface area contributed by atoms with Gasteiger partial charge in [0.1, 0.15) is 0 Å². The Bertz CT molecular complexity index is 855. The molecule has 24 heavy (non-hydrogen) atoms. The van der Waals surface area contributed by atoms with Gasteiger partial charge in [0.15, 0.2) is 5.76 Å². The Hall–Kier alpha value is -3.14. The van der Waals surface area contributed by atoms with E-state index in [1.807, 2.05) is 60.7 Å². The number of hydrazone groups is 1. The van der Waals surface area contributed by atoms with Crippen LogP contribution in [0.15, 0.2) is 88.6 Å². The molecule has 0 saturated carbocycles. The van der Waals surface area contributed by atoms with Crippen molar-refractivity contribution in [3.05, 3.63) is 95.9 Å². The van der Waals surface area contributed by atoms with Gasteiger partial charge in [-0.3, -0.25) is 4.79 Å². The molecule has 1 aromatic heterocycles. The summed E-state index contributed by atoms with van der Waals surface area (Å²) in [6.45, 7) is 0. The Morgan fingerprint density at radius 2 is 1.67 bits per heavy atom. The number of carbonyl (C=O) groups excluding carboxylic acids is 1. The second kappa shape index (κ2) is 6.16. The molecule has 1 unspecified atom stereocenters. The second-order valence-corrected chi connectivity index (χ2v) is 5.67. The van der Waals surface area contributed by atoms with Crippen molar-refractivity contribution in [3.63, 3.8) is 0 Å². The van der Waals surface area contributed by atoms with Crippen molar-refractivity contribution in [2.24, 2.45) is 5.10 Å². The van der Waals surface area contributed by atoms with Crippen molar-refractivity contribution >= 4 is 11.6 Å². The number of benzene rings is 2. The molecule has 0 radical (unpaired) electrons. The Morgan fingerprint density at radius 1 is 0.958 bits per heavy atom. The summed E-state index contributed by atoms with van der Waals surface area (Å²) in [5.74, 6) is 0.0776. The highest BCUT2D eigenvalue weighted by Gasteiger charge is 2.34. The van der Waals surface area contributed by atoms with Crippen LogP contribution >= 0.6 is 0 Å². The van der Waals surface area contributed by atoms with Crippen molar-refractivity contribution in [1.29, 1.82) is 0 Å². The van der Waals surface area contributed by atoms with Crippen LogP contribution in [-0.2, 0) is 0 Å². The van der Waals surface area contributed by atoms with Gasteiger partial charge in [-0.1, -0.05) is 60.7 Å². The van der Waals surface area contributed by atoms with E-state index in [0.717, 1.165) is 16.8 Å². The van der Waals surface area contributed by atoms with Crippen LogP contribution in [-0.4, -0.2) is 16.6 Å². The lowest BCUT2D eigenvalue weighted by Crippen LogP contribution is -2.26. The first-order valence-corrected chi connectivity index (χ1v) is 7.88. The first-order chi connectivity index (χ1) is 11.8. The summed E-state index contributed by atoms with van der Waals surface area (Å²) >= 11 is 0. The fourth-order valence-electron chi connectivity index (χ4n) is 2.95. The molecule has 1 atom stereocenters. The van der Waals surface area contributed by atoms with Crippen molar-refractivity contribution in [1.82, 2.24) is 5.01 Å². The summed E-state index contributed by atoms with van der Waals surface area (Å²) in [7, 11) is 0. The summed E-state index contributed by atoms with van der Waals surface area (Å²) in [5, 5.41) is 6.15.